The summed E-state index contributed by atoms with van der Waals surface area (Å²) in [4.78, 5) is 17.1. The van der Waals surface area contributed by atoms with E-state index in [1.807, 2.05) is 18.2 Å². The SMILES string of the molecule is Cc1onc(C(=O)N2CCN(Cc3c(Cl)cccc3Cl)CC2)c1COc1cccc(F)c1. The predicted octanol–water partition coefficient (Wildman–Crippen LogP) is 4.97. The highest BCUT2D eigenvalue weighted by Gasteiger charge is 2.28. The minimum Gasteiger partial charge on any atom is -0.489 e. The molecule has 1 aliphatic heterocycles. The van der Waals surface area contributed by atoms with Crippen molar-refractivity contribution in [1.82, 2.24) is 15.0 Å². The Morgan fingerprint density at radius 2 is 1.78 bits per heavy atom. The van der Waals surface area contributed by atoms with Crippen LogP contribution >= 0.6 is 23.2 Å². The van der Waals surface area contributed by atoms with Crippen LogP contribution in [0.5, 0.6) is 5.75 Å². The number of hydrogen-bond donors (Lipinski definition) is 0. The lowest BCUT2D eigenvalue weighted by atomic mass is 10.1. The number of halogens is 3. The molecule has 0 radical (unpaired) electrons. The number of carbonyl (C=O) groups is 1. The molecule has 3 aromatic rings. The number of benzene rings is 2. The van der Waals surface area contributed by atoms with Gasteiger partial charge in [-0.25, -0.2) is 4.39 Å². The molecule has 2 heterocycles. The van der Waals surface area contributed by atoms with Crippen LogP contribution in [-0.4, -0.2) is 47.0 Å². The highest BCUT2D eigenvalue weighted by atomic mass is 35.5. The lowest BCUT2D eigenvalue weighted by molar-refractivity contribution is 0.0616. The van der Waals surface area contributed by atoms with Crippen molar-refractivity contribution >= 4 is 29.1 Å². The molecular weight excluding hydrogens is 456 g/mol. The van der Waals surface area contributed by atoms with E-state index in [9.17, 15) is 9.18 Å². The van der Waals surface area contributed by atoms with Crippen LogP contribution in [0.3, 0.4) is 0 Å². The Morgan fingerprint density at radius 1 is 1.09 bits per heavy atom. The van der Waals surface area contributed by atoms with Crippen LogP contribution in [0.25, 0.3) is 0 Å². The van der Waals surface area contributed by atoms with Crippen molar-refractivity contribution in [2.24, 2.45) is 0 Å². The number of amides is 1. The molecule has 1 amide bonds. The molecule has 4 rings (SSSR count). The third-order valence-corrected chi connectivity index (χ3v) is 6.18. The topological polar surface area (TPSA) is 58.8 Å². The largest absolute Gasteiger partial charge is 0.489 e. The first-order chi connectivity index (χ1) is 15.4. The number of aryl methyl sites for hydroxylation is 1. The first kappa shape index (κ1) is 22.6. The summed E-state index contributed by atoms with van der Waals surface area (Å²) in [5.74, 6) is 0.263. The maximum Gasteiger partial charge on any atom is 0.276 e. The van der Waals surface area contributed by atoms with Gasteiger partial charge in [0, 0.05) is 54.4 Å². The summed E-state index contributed by atoms with van der Waals surface area (Å²) in [6.45, 7) is 4.84. The quantitative estimate of drug-likeness (QED) is 0.501. The van der Waals surface area contributed by atoms with E-state index in [2.05, 4.69) is 10.1 Å². The van der Waals surface area contributed by atoms with E-state index < -0.39 is 5.82 Å². The molecule has 1 saturated heterocycles. The molecule has 168 valence electrons. The highest BCUT2D eigenvalue weighted by molar-refractivity contribution is 6.35. The predicted molar refractivity (Wildman–Crippen MR) is 120 cm³/mol. The fraction of sp³-hybridized carbons (Fsp3) is 0.304. The second-order valence-corrected chi connectivity index (χ2v) is 8.39. The van der Waals surface area contributed by atoms with Crippen molar-refractivity contribution in [2.45, 2.75) is 20.1 Å². The van der Waals surface area contributed by atoms with Crippen LogP contribution in [-0.2, 0) is 13.2 Å². The fourth-order valence-corrected chi connectivity index (χ4v) is 4.12. The van der Waals surface area contributed by atoms with Crippen LogP contribution in [0.15, 0.2) is 47.0 Å². The Hall–Kier alpha value is -2.61. The van der Waals surface area contributed by atoms with Crippen LogP contribution in [0, 0.1) is 12.7 Å². The van der Waals surface area contributed by atoms with Gasteiger partial charge in [-0.05, 0) is 31.2 Å². The standard InChI is InChI=1S/C23H22Cl2FN3O3/c1-15-19(14-31-17-5-2-4-16(26)12-17)22(27-32-15)23(30)29-10-8-28(9-11-29)13-18-20(24)6-3-7-21(18)25/h2-7,12H,8-11,13-14H2,1H3. The van der Waals surface area contributed by atoms with E-state index in [-0.39, 0.29) is 18.2 Å². The molecule has 1 fully saturated rings. The smallest absolute Gasteiger partial charge is 0.276 e. The van der Waals surface area contributed by atoms with E-state index in [0.717, 1.165) is 5.56 Å². The fourth-order valence-electron chi connectivity index (χ4n) is 3.61. The van der Waals surface area contributed by atoms with Gasteiger partial charge in [-0.15, -0.1) is 0 Å². The average molecular weight is 478 g/mol. The van der Waals surface area contributed by atoms with Gasteiger partial charge in [0.15, 0.2) is 5.69 Å². The van der Waals surface area contributed by atoms with Crippen molar-refractivity contribution in [2.75, 3.05) is 26.2 Å². The summed E-state index contributed by atoms with van der Waals surface area (Å²) in [5.41, 5.74) is 1.67. The molecule has 1 aliphatic rings. The molecule has 1 aromatic heterocycles. The lowest BCUT2D eigenvalue weighted by Crippen LogP contribution is -2.48. The molecule has 0 spiro atoms. The van der Waals surface area contributed by atoms with Crippen molar-refractivity contribution < 1.29 is 18.4 Å². The maximum absolute atomic E-state index is 13.4. The molecule has 0 N–H and O–H groups in total. The molecule has 32 heavy (non-hydrogen) atoms. The molecule has 0 saturated carbocycles. The third kappa shape index (κ3) is 5.06. The number of hydrogen-bond acceptors (Lipinski definition) is 5. The normalized spacial score (nSPS) is 14.6. The van der Waals surface area contributed by atoms with Crippen molar-refractivity contribution in [1.29, 1.82) is 0 Å². The van der Waals surface area contributed by atoms with E-state index in [1.54, 1.807) is 24.0 Å². The number of carbonyl (C=O) groups excluding carboxylic acids is 1. The van der Waals surface area contributed by atoms with Crippen LogP contribution < -0.4 is 4.74 Å². The summed E-state index contributed by atoms with van der Waals surface area (Å²) in [5, 5.41) is 5.23. The van der Waals surface area contributed by atoms with Crippen LogP contribution in [0.1, 0.15) is 27.4 Å². The second-order valence-electron chi connectivity index (χ2n) is 7.58. The number of rotatable bonds is 6. The summed E-state index contributed by atoms with van der Waals surface area (Å²) >= 11 is 12.6. The molecule has 6 nitrogen and oxygen atoms in total. The second kappa shape index (κ2) is 9.90. The van der Waals surface area contributed by atoms with Gasteiger partial charge in [0.25, 0.3) is 5.91 Å². The van der Waals surface area contributed by atoms with Gasteiger partial charge in [-0.3, -0.25) is 9.69 Å². The Balaban J connectivity index is 1.38. The maximum atomic E-state index is 13.4. The zero-order chi connectivity index (χ0) is 22.7. The molecule has 0 bridgehead atoms. The Kier molecular flexibility index (Phi) is 6.98. The lowest BCUT2D eigenvalue weighted by Gasteiger charge is -2.34. The third-order valence-electron chi connectivity index (χ3n) is 5.47. The molecule has 0 unspecified atom stereocenters. The van der Waals surface area contributed by atoms with Gasteiger partial charge < -0.3 is 14.2 Å². The van der Waals surface area contributed by atoms with Crippen molar-refractivity contribution in [3.8, 4) is 5.75 Å². The summed E-state index contributed by atoms with van der Waals surface area (Å²) in [6, 6.07) is 11.3. The van der Waals surface area contributed by atoms with E-state index in [4.69, 9.17) is 32.5 Å². The zero-order valence-corrected chi connectivity index (χ0v) is 19.0. The van der Waals surface area contributed by atoms with Crippen molar-refractivity contribution in [3.63, 3.8) is 0 Å². The molecule has 2 aromatic carbocycles. The monoisotopic (exact) mass is 477 g/mol. The Morgan fingerprint density at radius 3 is 2.47 bits per heavy atom. The average Bonchev–Trinajstić information content (AvgIpc) is 3.15. The van der Waals surface area contributed by atoms with Crippen LogP contribution in [0.2, 0.25) is 10.0 Å². The van der Waals surface area contributed by atoms with Gasteiger partial charge in [-0.1, -0.05) is 40.5 Å². The van der Waals surface area contributed by atoms with Crippen molar-refractivity contribution in [3.05, 3.63) is 80.9 Å². The number of nitrogens with zero attached hydrogens (tertiary/aromatic N) is 3. The molecule has 0 atom stereocenters. The summed E-state index contributed by atoms with van der Waals surface area (Å²) < 4.78 is 24.3. The Labute approximate surface area is 195 Å². The summed E-state index contributed by atoms with van der Waals surface area (Å²) in [6.07, 6.45) is 0. The zero-order valence-electron chi connectivity index (χ0n) is 17.5. The molecule has 0 aliphatic carbocycles. The number of piperazine rings is 1. The van der Waals surface area contributed by atoms with E-state index in [0.29, 0.717) is 59.8 Å². The van der Waals surface area contributed by atoms with Gasteiger partial charge in [0.1, 0.15) is 23.9 Å². The van der Waals surface area contributed by atoms with Gasteiger partial charge in [0.05, 0.1) is 5.56 Å². The van der Waals surface area contributed by atoms with E-state index >= 15 is 0 Å². The molecule has 9 heteroatoms. The van der Waals surface area contributed by atoms with Crippen LogP contribution in [0.4, 0.5) is 4.39 Å². The Bertz CT molecular complexity index is 1090. The summed E-state index contributed by atoms with van der Waals surface area (Å²) in [7, 11) is 0. The molecular formula is C23H22Cl2FN3O3. The van der Waals surface area contributed by atoms with Gasteiger partial charge >= 0.3 is 0 Å². The number of ether oxygens (including phenoxy) is 1. The highest BCUT2D eigenvalue weighted by Crippen LogP contribution is 2.26. The first-order valence-electron chi connectivity index (χ1n) is 10.2. The first-order valence-corrected chi connectivity index (χ1v) is 11.0. The number of aromatic nitrogens is 1. The minimum atomic E-state index is -0.392. The van der Waals surface area contributed by atoms with Gasteiger partial charge in [-0.2, -0.15) is 0 Å². The van der Waals surface area contributed by atoms with E-state index in [1.165, 1.54) is 12.1 Å². The van der Waals surface area contributed by atoms with Gasteiger partial charge in [0.2, 0.25) is 0 Å². The minimum absolute atomic E-state index is 0.0603.